The van der Waals surface area contributed by atoms with Crippen molar-refractivity contribution < 1.29 is 4.79 Å². The number of para-hydroxylation sites is 1. The van der Waals surface area contributed by atoms with Crippen LogP contribution in [0.5, 0.6) is 0 Å². The van der Waals surface area contributed by atoms with E-state index >= 15 is 0 Å². The molecule has 136 valence electrons. The molecule has 2 aromatic heterocycles. The monoisotopic (exact) mass is 359 g/mol. The molecule has 1 aliphatic rings. The lowest BCUT2D eigenvalue weighted by molar-refractivity contribution is 0.0789. The zero-order chi connectivity index (χ0) is 18.6. The second-order valence-electron chi connectivity index (χ2n) is 6.64. The van der Waals surface area contributed by atoms with Crippen LogP contribution < -0.4 is 4.90 Å². The van der Waals surface area contributed by atoms with Gasteiger partial charge in [-0.2, -0.15) is 0 Å². The first-order valence-electron chi connectivity index (χ1n) is 9.06. The summed E-state index contributed by atoms with van der Waals surface area (Å²) in [6.07, 6.45) is 5.30. The van der Waals surface area contributed by atoms with Crippen LogP contribution in [0.25, 0.3) is 0 Å². The number of benzene rings is 1. The minimum Gasteiger partial charge on any atom is -0.340 e. The number of amides is 1. The van der Waals surface area contributed by atoms with Gasteiger partial charge in [-0.05, 0) is 54.3 Å². The Balaban J connectivity index is 1.42. The molecule has 1 aliphatic heterocycles. The van der Waals surface area contributed by atoms with E-state index in [9.17, 15) is 4.79 Å². The van der Waals surface area contributed by atoms with Crippen LogP contribution in [0.4, 0.5) is 11.5 Å². The van der Waals surface area contributed by atoms with Gasteiger partial charge < -0.3 is 9.80 Å². The van der Waals surface area contributed by atoms with Crippen LogP contribution in [0, 0.1) is 0 Å². The van der Waals surface area contributed by atoms with Gasteiger partial charge in [-0.1, -0.05) is 18.2 Å². The molecule has 0 bridgehead atoms. The van der Waals surface area contributed by atoms with Crippen molar-refractivity contribution >= 4 is 17.4 Å². The quantitative estimate of drug-likeness (QED) is 0.701. The average molecular weight is 359 g/mol. The smallest absolute Gasteiger partial charge is 0.274 e. The third-order valence-electron chi connectivity index (χ3n) is 4.87. The number of likely N-dealkylation sites (N-methyl/N-ethyl adjacent to an activating group) is 1. The zero-order valence-corrected chi connectivity index (χ0v) is 15.2. The van der Waals surface area contributed by atoms with E-state index < -0.39 is 0 Å². The Morgan fingerprint density at radius 3 is 2.67 bits per heavy atom. The number of rotatable bonds is 5. The van der Waals surface area contributed by atoms with Crippen molar-refractivity contribution in [2.45, 2.75) is 12.8 Å². The first-order chi connectivity index (χ1) is 13.2. The van der Waals surface area contributed by atoms with Gasteiger partial charge in [-0.25, -0.2) is 0 Å². The maximum Gasteiger partial charge on any atom is 0.274 e. The normalized spacial score (nSPS) is 12.7. The Hall–Kier alpha value is -3.28. The maximum atomic E-state index is 12.6. The number of hydrogen-bond acceptors (Lipinski definition) is 5. The highest BCUT2D eigenvalue weighted by atomic mass is 16.2. The second-order valence-corrected chi connectivity index (χ2v) is 6.64. The van der Waals surface area contributed by atoms with Crippen LogP contribution in [-0.2, 0) is 12.8 Å². The summed E-state index contributed by atoms with van der Waals surface area (Å²) in [5, 5.41) is 8.48. The van der Waals surface area contributed by atoms with E-state index in [-0.39, 0.29) is 5.91 Å². The Bertz CT molecular complexity index is 927. The lowest BCUT2D eigenvalue weighted by Gasteiger charge is -2.19. The summed E-state index contributed by atoms with van der Waals surface area (Å²) in [5.74, 6) is 0.654. The number of pyridine rings is 1. The van der Waals surface area contributed by atoms with Gasteiger partial charge in [-0.15, -0.1) is 10.2 Å². The second kappa shape index (κ2) is 7.53. The lowest BCUT2D eigenvalue weighted by atomic mass is 10.2. The predicted octanol–water partition coefficient (Wildman–Crippen LogP) is 2.88. The first kappa shape index (κ1) is 17.1. The fourth-order valence-corrected chi connectivity index (χ4v) is 3.30. The SMILES string of the molecule is CN(CCc1ccncc1)C(=O)c1ccc(N2CCc3ccccc32)nn1. The molecular weight excluding hydrogens is 338 g/mol. The van der Waals surface area contributed by atoms with E-state index in [1.807, 2.05) is 24.3 Å². The molecule has 0 spiro atoms. The summed E-state index contributed by atoms with van der Waals surface area (Å²) in [5.41, 5.74) is 4.00. The molecule has 0 atom stereocenters. The summed E-state index contributed by atoms with van der Waals surface area (Å²) in [7, 11) is 1.79. The Kier molecular flexibility index (Phi) is 4.78. The van der Waals surface area contributed by atoms with Gasteiger partial charge in [0.2, 0.25) is 0 Å². The van der Waals surface area contributed by atoms with Crippen molar-refractivity contribution in [3.8, 4) is 0 Å². The summed E-state index contributed by atoms with van der Waals surface area (Å²) < 4.78 is 0. The number of hydrogen-bond donors (Lipinski definition) is 0. The molecule has 3 heterocycles. The minimum atomic E-state index is -0.120. The van der Waals surface area contributed by atoms with Gasteiger partial charge in [0.1, 0.15) is 0 Å². The fourth-order valence-electron chi connectivity index (χ4n) is 3.30. The zero-order valence-electron chi connectivity index (χ0n) is 15.2. The molecule has 0 N–H and O–H groups in total. The topological polar surface area (TPSA) is 62.2 Å². The highest BCUT2D eigenvalue weighted by molar-refractivity contribution is 5.92. The molecule has 0 radical (unpaired) electrons. The van der Waals surface area contributed by atoms with Crippen molar-refractivity contribution in [3.63, 3.8) is 0 Å². The number of anilines is 2. The third kappa shape index (κ3) is 3.65. The van der Waals surface area contributed by atoms with Gasteiger partial charge in [0.25, 0.3) is 5.91 Å². The molecule has 3 aromatic rings. The maximum absolute atomic E-state index is 12.6. The molecule has 1 amide bonds. The Labute approximate surface area is 158 Å². The minimum absolute atomic E-state index is 0.120. The number of carbonyl (C=O) groups excluding carboxylic acids is 1. The summed E-state index contributed by atoms with van der Waals surface area (Å²) in [6, 6.07) is 15.9. The number of fused-ring (bicyclic) bond motifs is 1. The van der Waals surface area contributed by atoms with E-state index in [4.69, 9.17) is 0 Å². The summed E-state index contributed by atoms with van der Waals surface area (Å²) >= 11 is 0. The number of nitrogens with zero attached hydrogens (tertiary/aromatic N) is 5. The van der Waals surface area contributed by atoms with Gasteiger partial charge in [0, 0.05) is 38.2 Å². The van der Waals surface area contributed by atoms with Crippen LogP contribution in [0.2, 0.25) is 0 Å². The molecule has 6 nitrogen and oxygen atoms in total. The van der Waals surface area contributed by atoms with E-state index in [1.54, 1.807) is 30.4 Å². The molecule has 6 heteroatoms. The van der Waals surface area contributed by atoms with Crippen LogP contribution in [0.3, 0.4) is 0 Å². The largest absolute Gasteiger partial charge is 0.340 e. The van der Waals surface area contributed by atoms with Gasteiger partial charge in [0.15, 0.2) is 11.5 Å². The number of carbonyl (C=O) groups is 1. The molecule has 0 unspecified atom stereocenters. The van der Waals surface area contributed by atoms with Gasteiger partial charge >= 0.3 is 0 Å². The highest BCUT2D eigenvalue weighted by Gasteiger charge is 2.22. The highest BCUT2D eigenvalue weighted by Crippen LogP contribution is 2.32. The molecule has 0 aliphatic carbocycles. The molecule has 1 aromatic carbocycles. The van der Waals surface area contributed by atoms with E-state index in [0.717, 1.165) is 30.8 Å². The van der Waals surface area contributed by atoms with Crippen LogP contribution in [0.1, 0.15) is 21.6 Å². The summed E-state index contributed by atoms with van der Waals surface area (Å²) in [6.45, 7) is 1.50. The van der Waals surface area contributed by atoms with Crippen LogP contribution in [0.15, 0.2) is 60.9 Å². The molecule has 0 saturated heterocycles. The van der Waals surface area contributed by atoms with Gasteiger partial charge in [0.05, 0.1) is 0 Å². The molecule has 0 fully saturated rings. The fraction of sp³-hybridized carbons (Fsp3) is 0.238. The van der Waals surface area contributed by atoms with E-state index in [2.05, 4.69) is 38.3 Å². The molecule has 4 rings (SSSR count). The predicted molar refractivity (Wildman–Crippen MR) is 104 cm³/mol. The molecular formula is C21H21N5O. The first-order valence-corrected chi connectivity index (χ1v) is 9.06. The van der Waals surface area contributed by atoms with Crippen LogP contribution in [-0.4, -0.2) is 46.1 Å². The van der Waals surface area contributed by atoms with Crippen molar-refractivity contribution in [1.29, 1.82) is 0 Å². The van der Waals surface area contributed by atoms with Gasteiger partial charge in [-0.3, -0.25) is 9.78 Å². The van der Waals surface area contributed by atoms with Crippen molar-refractivity contribution in [1.82, 2.24) is 20.1 Å². The number of aromatic nitrogens is 3. The average Bonchev–Trinajstić information content (AvgIpc) is 3.16. The Morgan fingerprint density at radius 1 is 1.07 bits per heavy atom. The van der Waals surface area contributed by atoms with E-state index in [0.29, 0.717) is 12.2 Å². The molecule has 0 saturated carbocycles. The lowest BCUT2D eigenvalue weighted by Crippen LogP contribution is -2.30. The summed E-state index contributed by atoms with van der Waals surface area (Å²) in [4.78, 5) is 20.4. The van der Waals surface area contributed by atoms with Crippen LogP contribution >= 0.6 is 0 Å². The Morgan fingerprint density at radius 2 is 1.89 bits per heavy atom. The van der Waals surface area contributed by atoms with Crippen molar-refractivity contribution in [2.24, 2.45) is 0 Å². The van der Waals surface area contributed by atoms with E-state index in [1.165, 1.54) is 11.3 Å². The standard InChI is InChI=1S/C21H21N5O/c1-25(14-10-16-8-12-22-13-9-16)21(27)18-6-7-20(24-23-18)26-15-11-17-4-2-3-5-19(17)26/h2-9,12-13H,10-11,14-15H2,1H3. The third-order valence-corrected chi connectivity index (χ3v) is 4.87. The molecule has 27 heavy (non-hydrogen) atoms. The van der Waals surface area contributed by atoms with Crippen molar-refractivity contribution in [3.05, 3.63) is 77.7 Å². The van der Waals surface area contributed by atoms with Crippen molar-refractivity contribution in [2.75, 3.05) is 25.0 Å².